The zero-order chi connectivity index (χ0) is 11.9. The normalized spacial score (nSPS) is 20.5. The summed E-state index contributed by atoms with van der Waals surface area (Å²) in [6, 6.07) is 0. The summed E-state index contributed by atoms with van der Waals surface area (Å²) in [7, 11) is 0. The van der Waals surface area contributed by atoms with E-state index in [1.807, 2.05) is 13.8 Å². The first kappa shape index (κ1) is 11.2. The molecule has 1 N–H and O–H groups in total. The molecule has 0 bridgehead atoms. The molecule has 16 heavy (non-hydrogen) atoms. The standard InChI is InChI=1S/C12H17NO3/c1-7-8(2)16-9(3)11(7)12(15)13-5-4-10(14)6-13/h10,14H,4-6H2,1-3H3. The molecule has 88 valence electrons. The van der Waals surface area contributed by atoms with E-state index in [2.05, 4.69) is 0 Å². The lowest BCUT2D eigenvalue weighted by Gasteiger charge is -2.15. The van der Waals surface area contributed by atoms with E-state index in [1.165, 1.54) is 0 Å². The van der Waals surface area contributed by atoms with Gasteiger partial charge in [-0.15, -0.1) is 0 Å². The van der Waals surface area contributed by atoms with Crippen LogP contribution in [0, 0.1) is 20.8 Å². The molecule has 0 aromatic carbocycles. The molecule has 0 spiro atoms. The number of likely N-dealkylation sites (tertiary alicyclic amines) is 1. The fourth-order valence-corrected chi connectivity index (χ4v) is 2.19. The number of nitrogens with zero attached hydrogens (tertiary/aromatic N) is 1. The van der Waals surface area contributed by atoms with Crippen LogP contribution in [0.4, 0.5) is 0 Å². The number of aliphatic hydroxyl groups is 1. The Labute approximate surface area is 94.9 Å². The summed E-state index contributed by atoms with van der Waals surface area (Å²) < 4.78 is 5.44. The summed E-state index contributed by atoms with van der Waals surface area (Å²) in [4.78, 5) is 13.9. The van der Waals surface area contributed by atoms with Crippen molar-refractivity contribution in [1.29, 1.82) is 0 Å². The molecule has 1 saturated heterocycles. The smallest absolute Gasteiger partial charge is 0.257 e. The van der Waals surface area contributed by atoms with Gasteiger partial charge in [0.25, 0.3) is 5.91 Å². The molecule has 2 heterocycles. The highest BCUT2D eigenvalue weighted by Crippen LogP contribution is 2.23. The van der Waals surface area contributed by atoms with E-state index >= 15 is 0 Å². The Morgan fingerprint density at radius 1 is 1.38 bits per heavy atom. The number of rotatable bonds is 1. The van der Waals surface area contributed by atoms with Crippen LogP contribution in [0.1, 0.15) is 33.9 Å². The van der Waals surface area contributed by atoms with Gasteiger partial charge in [-0.05, 0) is 27.2 Å². The first-order chi connectivity index (χ1) is 7.50. The van der Waals surface area contributed by atoms with Gasteiger partial charge in [0.05, 0.1) is 11.7 Å². The first-order valence-electron chi connectivity index (χ1n) is 5.54. The Morgan fingerprint density at radius 3 is 2.50 bits per heavy atom. The average Bonchev–Trinajstić information content (AvgIpc) is 2.73. The quantitative estimate of drug-likeness (QED) is 0.783. The van der Waals surface area contributed by atoms with Crippen molar-refractivity contribution in [2.75, 3.05) is 13.1 Å². The number of furan rings is 1. The van der Waals surface area contributed by atoms with E-state index in [0.717, 1.165) is 11.3 Å². The Hall–Kier alpha value is -1.29. The van der Waals surface area contributed by atoms with Gasteiger partial charge in [0, 0.05) is 18.7 Å². The van der Waals surface area contributed by atoms with Crippen molar-refractivity contribution < 1.29 is 14.3 Å². The number of hydrogen-bond acceptors (Lipinski definition) is 3. The van der Waals surface area contributed by atoms with Crippen LogP contribution in [0.5, 0.6) is 0 Å². The van der Waals surface area contributed by atoms with E-state index < -0.39 is 0 Å². The number of carbonyl (C=O) groups is 1. The van der Waals surface area contributed by atoms with Crippen molar-refractivity contribution in [1.82, 2.24) is 4.90 Å². The molecular formula is C12H17NO3. The Balaban J connectivity index is 2.27. The van der Waals surface area contributed by atoms with E-state index in [-0.39, 0.29) is 12.0 Å². The van der Waals surface area contributed by atoms with Crippen molar-refractivity contribution in [2.24, 2.45) is 0 Å². The molecule has 1 aliphatic heterocycles. The molecular weight excluding hydrogens is 206 g/mol. The van der Waals surface area contributed by atoms with E-state index in [9.17, 15) is 9.90 Å². The monoisotopic (exact) mass is 223 g/mol. The number of hydrogen-bond donors (Lipinski definition) is 1. The highest BCUT2D eigenvalue weighted by atomic mass is 16.3. The average molecular weight is 223 g/mol. The van der Waals surface area contributed by atoms with Gasteiger partial charge >= 0.3 is 0 Å². The SMILES string of the molecule is Cc1oc(C)c(C(=O)N2CCC(O)C2)c1C. The molecule has 1 fully saturated rings. The van der Waals surface area contributed by atoms with Gasteiger partial charge in [0.1, 0.15) is 11.5 Å². The second-order valence-electron chi connectivity index (χ2n) is 4.41. The van der Waals surface area contributed by atoms with Crippen LogP contribution in [0.3, 0.4) is 0 Å². The van der Waals surface area contributed by atoms with E-state index in [1.54, 1.807) is 11.8 Å². The summed E-state index contributed by atoms with van der Waals surface area (Å²) >= 11 is 0. The molecule has 1 aromatic heterocycles. The van der Waals surface area contributed by atoms with E-state index in [0.29, 0.717) is 30.8 Å². The Kier molecular flexibility index (Phi) is 2.76. The third-order valence-electron chi connectivity index (χ3n) is 3.23. The highest BCUT2D eigenvalue weighted by molar-refractivity contribution is 5.97. The molecule has 4 nitrogen and oxygen atoms in total. The minimum atomic E-state index is -0.377. The molecule has 0 saturated carbocycles. The first-order valence-corrected chi connectivity index (χ1v) is 5.54. The molecule has 2 rings (SSSR count). The van der Waals surface area contributed by atoms with Gasteiger partial charge in [-0.25, -0.2) is 0 Å². The molecule has 0 radical (unpaired) electrons. The number of β-amino-alcohol motifs (C(OH)–C–C–N with tert-alkyl or cyclic N) is 1. The van der Waals surface area contributed by atoms with Gasteiger partial charge in [-0.3, -0.25) is 4.79 Å². The van der Waals surface area contributed by atoms with Crippen molar-refractivity contribution >= 4 is 5.91 Å². The van der Waals surface area contributed by atoms with Crippen LogP contribution in [-0.4, -0.2) is 35.1 Å². The largest absolute Gasteiger partial charge is 0.466 e. The fraction of sp³-hybridized carbons (Fsp3) is 0.583. The molecule has 1 atom stereocenters. The number of amides is 1. The van der Waals surface area contributed by atoms with Crippen LogP contribution >= 0.6 is 0 Å². The maximum Gasteiger partial charge on any atom is 0.257 e. The summed E-state index contributed by atoms with van der Waals surface area (Å²) in [6.07, 6.45) is 0.290. The van der Waals surface area contributed by atoms with Crippen LogP contribution in [0.2, 0.25) is 0 Å². The zero-order valence-electron chi connectivity index (χ0n) is 9.91. The third kappa shape index (κ3) is 1.73. The second-order valence-corrected chi connectivity index (χ2v) is 4.41. The maximum atomic E-state index is 12.2. The van der Waals surface area contributed by atoms with Crippen molar-refractivity contribution in [3.8, 4) is 0 Å². The Bertz CT molecular complexity index is 422. The number of aliphatic hydroxyl groups excluding tert-OH is 1. The van der Waals surface area contributed by atoms with Gasteiger partial charge in [0.2, 0.25) is 0 Å². The van der Waals surface area contributed by atoms with Gasteiger partial charge < -0.3 is 14.4 Å². The van der Waals surface area contributed by atoms with Crippen molar-refractivity contribution in [3.63, 3.8) is 0 Å². The summed E-state index contributed by atoms with van der Waals surface area (Å²) in [5, 5.41) is 9.42. The number of aryl methyl sites for hydroxylation is 2. The lowest BCUT2D eigenvalue weighted by Crippen LogP contribution is -2.30. The number of carbonyl (C=O) groups excluding carboxylic acids is 1. The topological polar surface area (TPSA) is 53.7 Å². The fourth-order valence-electron chi connectivity index (χ4n) is 2.19. The van der Waals surface area contributed by atoms with Crippen LogP contribution in [0.15, 0.2) is 4.42 Å². The zero-order valence-corrected chi connectivity index (χ0v) is 9.91. The highest BCUT2D eigenvalue weighted by Gasteiger charge is 2.29. The predicted molar refractivity (Wildman–Crippen MR) is 59.4 cm³/mol. The molecule has 1 amide bonds. The lowest BCUT2D eigenvalue weighted by atomic mass is 10.1. The summed E-state index contributed by atoms with van der Waals surface area (Å²) in [6.45, 7) is 6.62. The molecule has 4 heteroatoms. The molecule has 1 unspecified atom stereocenters. The lowest BCUT2D eigenvalue weighted by molar-refractivity contribution is 0.0762. The maximum absolute atomic E-state index is 12.2. The minimum Gasteiger partial charge on any atom is -0.466 e. The van der Waals surface area contributed by atoms with Crippen LogP contribution < -0.4 is 0 Å². The van der Waals surface area contributed by atoms with Crippen LogP contribution in [0.25, 0.3) is 0 Å². The second kappa shape index (κ2) is 3.94. The van der Waals surface area contributed by atoms with Crippen LogP contribution in [-0.2, 0) is 0 Å². The summed E-state index contributed by atoms with van der Waals surface area (Å²) in [5.74, 6) is 1.44. The van der Waals surface area contributed by atoms with Crippen molar-refractivity contribution in [3.05, 3.63) is 22.6 Å². The van der Waals surface area contributed by atoms with Gasteiger partial charge in [-0.2, -0.15) is 0 Å². The predicted octanol–water partition coefficient (Wildman–Crippen LogP) is 1.41. The minimum absolute atomic E-state index is 0.0246. The van der Waals surface area contributed by atoms with E-state index in [4.69, 9.17) is 4.42 Å². The Morgan fingerprint density at radius 2 is 2.06 bits per heavy atom. The summed E-state index contributed by atoms with van der Waals surface area (Å²) in [5.41, 5.74) is 1.57. The van der Waals surface area contributed by atoms with Gasteiger partial charge in [0.15, 0.2) is 0 Å². The molecule has 1 aromatic rings. The molecule has 0 aliphatic carbocycles. The van der Waals surface area contributed by atoms with Crippen molar-refractivity contribution in [2.45, 2.75) is 33.3 Å². The third-order valence-corrected chi connectivity index (χ3v) is 3.23. The van der Waals surface area contributed by atoms with Gasteiger partial charge in [-0.1, -0.05) is 0 Å². The molecule has 1 aliphatic rings.